The van der Waals surface area contributed by atoms with E-state index in [4.69, 9.17) is 9.47 Å². The van der Waals surface area contributed by atoms with Crippen LogP contribution in [0.25, 0.3) is 0 Å². The van der Waals surface area contributed by atoms with Crippen LogP contribution in [0.5, 0.6) is 0 Å². The van der Waals surface area contributed by atoms with Gasteiger partial charge < -0.3 is 9.47 Å². The van der Waals surface area contributed by atoms with Gasteiger partial charge in [0.2, 0.25) is 0 Å². The molecule has 1 fully saturated rings. The highest BCUT2D eigenvalue weighted by atomic mass is 16.6. The summed E-state index contributed by atoms with van der Waals surface area (Å²) in [6, 6.07) is 0. The Morgan fingerprint density at radius 1 is 1.00 bits per heavy atom. The molecular formula is C13H24NO4+. The Balaban J connectivity index is 2.60. The summed E-state index contributed by atoms with van der Waals surface area (Å²) in [4.78, 5) is 23.5. The number of amides is 1. The Hall–Kier alpha value is -1.10. The van der Waals surface area contributed by atoms with Crippen LogP contribution >= 0.6 is 0 Å². The summed E-state index contributed by atoms with van der Waals surface area (Å²) in [6.07, 6.45) is 3.27. The highest BCUT2D eigenvalue weighted by Gasteiger charge is 2.40. The van der Waals surface area contributed by atoms with Crippen molar-refractivity contribution in [3.63, 3.8) is 0 Å². The van der Waals surface area contributed by atoms with Gasteiger partial charge in [0.05, 0.1) is 39.3 Å². The molecule has 18 heavy (non-hydrogen) atoms. The van der Waals surface area contributed by atoms with Gasteiger partial charge in [-0.1, -0.05) is 0 Å². The van der Waals surface area contributed by atoms with Crippen molar-refractivity contribution in [2.75, 3.05) is 32.8 Å². The number of piperidine rings is 1. The summed E-state index contributed by atoms with van der Waals surface area (Å²) >= 11 is 0. The Morgan fingerprint density at radius 3 is 2.17 bits per heavy atom. The largest absolute Gasteiger partial charge is 0.516 e. The topological polar surface area (TPSA) is 52.6 Å². The second-order valence-electron chi connectivity index (χ2n) is 4.63. The fraction of sp³-hybridized carbons (Fsp3) is 0.846. The van der Waals surface area contributed by atoms with Gasteiger partial charge in [0.25, 0.3) is 0 Å². The van der Waals surface area contributed by atoms with Gasteiger partial charge in [0.1, 0.15) is 0 Å². The third kappa shape index (κ3) is 3.98. The van der Waals surface area contributed by atoms with E-state index in [0.717, 1.165) is 32.4 Å². The van der Waals surface area contributed by atoms with Crippen molar-refractivity contribution in [2.24, 2.45) is 0 Å². The van der Waals surface area contributed by atoms with E-state index in [9.17, 15) is 9.59 Å². The minimum Gasteiger partial charge on any atom is -0.466 e. The number of carbonyl (C=O) groups excluding carboxylic acids is 2. The molecule has 1 aliphatic heterocycles. The first kappa shape index (κ1) is 15.0. The molecular weight excluding hydrogens is 234 g/mol. The molecule has 5 heteroatoms. The van der Waals surface area contributed by atoms with Gasteiger partial charge in [0, 0.05) is 0 Å². The monoisotopic (exact) mass is 258 g/mol. The van der Waals surface area contributed by atoms with Crippen molar-refractivity contribution < 1.29 is 23.5 Å². The van der Waals surface area contributed by atoms with Crippen molar-refractivity contribution in [2.45, 2.75) is 39.5 Å². The quantitative estimate of drug-likeness (QED) is 0.560. The summed E-state index contributed by atoms with van der Waals surface area (Å²) < 4.78 is 10.4. The smallest absolute Gasteiger partial charge is 0.466 e. The van der Waals surface area contributed by atoms with Crippen LogP contribution in [0.15, 0.2) is 0 Å². The van der Waals surface area contributed by atoms with Crippen molar-refractivity contribution >= 4 is 12.1 Å². The number of nitrogens with zero attached hydrogens (tertiary/aromatic N) is 1. The van der Waals surface area contributed by atoms with Gasteiger partial charge in [-0.05, 0) is 33.1 Å². The van der Waals surface area contributed by atoms with Crippen molar-refractivity contribution in [1.82, 2.24) is 0 Å². The molecule has 104 valence electrons. The molecule has 5 nitrogen and oxygen atoms in total. The van der Waals surface area contributed by atoms with Crippen LogP contribution < -0.4 is 0 Å². The minimum absolute atomic E-state index is 0.193. The van der Waals surface area contributed by atoms with Gasteiger partial charge >= 0.3 is 12.1 Å². The lowest BCUT2D eigenvalue weighted by Crippen LogP contribution is -2.56. The van der Waals surface area contributed by atoms with E-state index < -0.39 is 0 Å². The number of esters is 1. The summed E-state index contributed by atoms with van der Waals surface area (Å²) in [5.41, 5.74) is 0. The molecule has 0 radical (unpaired) electrons. The molecule has 1 heterocycles. The van der Waals surface area contributed by atoms with Gasteiger partial charge in [0.15, 0.2) is 0 Å². The molecule has 0 saturated carbocycles. The molecule has 0 aromatic carbocycles. The molecule has 0 N–H and O–H groups in total. The molecule has 0 aromatic heterocycles. The summed E-state index contributed by atoms with van der Waals surface area (Å²) in [7, 11) is 0. The molecule has 0 aromatic rings. The molecule has 0 bridgehead atoms. The van der Waals surface area contributed by atoms with Gasteiger partial charge in [-0.25, -0.2) is 4.48 Å². The van der Waals surface area contributed by atoms with Gasteiger partial charge in [-0.2, -0.15) is 4.79 Å². The summed E-state index contributed by atoms with van der Waals surface area (Å²) in [6.45, 7) is 6.42. The van der Waals surface area contributed by atoms with E-state index in [0.29, 0.717) is 19.8 Å². The Morgan fingerprint density at radius 2 is 1.61 bits per heavy atom. The maximum atomic E-state index is 12.1. The first-order chi connectivity index (χ1) is 8.64. The molecule has 1 amide bonds. The number of likely N-dealkylation sites (tertiary alicyclic amines) is 1. The predicted molar refractivity (Wildman–Crippen MR) is 67.0 cm³/mol. The molecule has 0 spiro atoms. The number of carbonyl (C=O) groups is 2. The van der Waals surface area contributed by atoms with Crippen LogP contribution in [0.3, 0.4) is 0 Å². The van der Waals surface area contributed by atoms with Crippen molar-refractivity contribution in [1.29, 1.82) is 0 Å². The number of ether oxygens (including phenoxy) is 2. The number of hydrogen-bond donors (Lipinski definition) is 0. The summed E-state index contributed by atoms with van der Waals surface area (Å²) in [5, 5.41) is 0. The zero-order valence-electron chi connectivity index (χ0n) is 11.4. The second-order valence-corrected chi connectivity index (χ2v) is 4.63. The van der Waals surface area contributed by atoms with Crippen LogP contribution in [0.4, 0.5) is 4.79 Å². The highest BCUT2D eigenvalue weighted by Crippen LogP contribution is 2.21. The lowest BCUT2D eigenvalue weighted by Gasteiger charge is -2.36. The Labute approximate surface area is 109 Å². The third-order valence-electron chi connectivity index (χ3n) is 3.38. The van der Waals surface area contributed by atoms with Crippen molar-refractivity contribution in [3.05, 3.63) is 0 Å². The van der Waals surface area contributed by atoms with E-state index in [1.165, 1.54) is 0 Å². The number of hydrogen-bond acceptors (Lipinski definition) is 4. The molecule has 0 unspecified atom stereocenters. The average Bonchev–Trinajstić information content (AvgIpc) is 2.38. The minimum atomic E-state index is -0.232. The Bertz CT molecular complexity index is 285. The van der Waals surface area contributed by atoms with E-state index in [2.05, 4.69) is 0 Å². The SMILES string of the molecule is CCOC(=O)CC[N+]1(C(=O)OCC)CCCCC1. The average molecular weight is 258 g/mol. The standard InChI is InChI=1S/C13H24NO4/c1-3-17-12(15)8-11-14(13(16)18-4-2)9-6-5-7-10-14/h3-11H2,1-2H3/q+1. The Kier molecular flexibility index (Phi) is 6.12. The van der Waals surface area contributed by atoms with E-state index in [1.54, 1.807) is 6.92 Å². The first-order valence-electron chi connectivity index (χ1n) is 6.83. The van der Waals surface area contributed by atoms with Crippen molar-refractivity contribution in [3.8, 4) is 0 Å². The zero-order valence-corrected chi connectivity index (χ0v) is 11.4. The lowest BCUT2D eigenvalue weighted by molar-refractivity contribution is -0.862. The highest BCUT2D eigenvalue weighted by molar-refractivity contribution is 5.69. The second kappa shape index (κ2) is 7.36. The fourth-order valence-corrected chi connectivity index (χ4v) is 2.41. The third-order valence-corrected chi connectivity index (χ3v) is 3.38. The van der Waals surface area contributed by atoms with Crippen LogP contribution in [-0.2, 0) is 14.3 Å². The lowest BCUT2D eigenvalue weighted by atomic mass is 10.1. The maximum Gasteiger partial charge on any atom is 0.516 e. The fourth-order valence-electron chi connectivity index (χ4n) is 2.41. The molecule has 1 aliphatic rings. The first-order valence-corrected chi connectivity index (χ1v) is 6.83. The van der Waals surface area contributed by atoms with E-state index in [-0.39, 0.29) is 23.0 Å². The predicted octanol–water partition coefficient (Wildman–Crippen LogP) is 2.10. The zero-order chi connectivity index (χ0) is 13.4. The molecule has 0 aliphatic carbocycles. The van der Waals surface area contributed by atoms with E-state index >= 15 is 0 Å². The maximum absolute atomic E-state index is 12.1. The number of quaternary nitrogens is 1. The normalized spacial score (nSPS) is 18.1. The van der Waals surface area contributed by atoms with Crippen LogP contribution in [0.1, 0.15) is 39.5 Å². The number of rotatable bonds is 5. The van der Waals surface area contributed by atoms with Gasteiger partial charge in [-0.3, -0.25) is 4.79 Å². The van der Waals surface area contributed by atoms with E-state index in [1.807, 2.05) is 6.92 Å². The van der Waals surface area contributed by atoms with Gasteiger partial charge in [-0.15, -0.1) is 0 Å². The summed E-state index contributed by atoms with van der Waals surface area (Å²) in [5.74, 6) is -0.232. The van der Waals surface area contributed by atoms with Crippen LogP contribution in [0, 0.1) is 0 Å². The van der Waals surface area contributed by atoms with Crippen LogP contribution in [0.2, 0.25) is 0 Å². The molecule has 1 saturated heterocycles. The molecule has 0 atom stereocenters. The molecule has 1 rings (SSSR count). The van der Waals surface area contributed by atoms with Crippen LogP contribution in [-0.4, -0.2) is 49.4 Å².